The van der Waals surface area contributed by atoms with E-state index in [4.69, 9.17) is 14.4 Å². The van der Waals surface area contributed by atoms with E-state index >= 15 is 0 Å². The average molecular weight is 181 g/mol. The molecule has 0 saturated heterocycles. The van der Waals surface area contributed by atoms with Crippen LogP contribution in [0.5, 0.6) is 0 Å². The van der Waals surface area contributed by atoms with Gasteiger partial charge >= 0.3 is 0 Å². The Bertz CT molecular complexity index is 300. The smallest absolute Gasteiger partial charge is 0.138 e. The maximum absolute atomic E-state index is 9.45. The standard InChI is InChI=1S/C9H11NO3/c1-12-6-7-3-5-13-9(7)8(11)2-4-10/h3,5,8,11H,2,6H2,1H3. The third kappa shape index (κ3) is 2.31. The zero-order valence-electron chi connectivity index (χ0n) is 7.36. The Morgan fingerprint density at radius 3 is 3.15 bits per heavy atom. The Kier molecular flexibility index (Phi) is 3.50. The van der Waals surface area contributed by atoms with Gasteiger partial charge in [-0.15, -0.1) is 0 Å². The molecule has 1 aromatic rings. The molecule has 1 rings (SSSR count). The molecule has 0 saturated carbocycles. The topological polar surface area (TPSA) is 66.4 Å². The molecule has 1 heterocycles. The fraction of sp³-hybridized carbons (Fsp3) is 0.444. The number of nitrogens with zero attached hydrogens (tertiary/aromatic N) is 1. The Morgan fingerprint density at radius 1 is 1.77 bits per heavy atom. The monoisotopic (exact) mass is 181 g/mol. The minimum atomic E-state index is -0.856. The number of hydrogen-bond acceptors (Lipinski definition) is 4. The molecule has 0 aromatic carbocycles. The molecule has 0 bridgehead atoms. The third-order valence-corrected chi connectivity index (χ3v) is 1.67. The number of methoxy groups -OCH3 is 1. The number of nitriles is 1. The van der Waals surface area contributed by atoms with Crippen molar-refractivity contribution in [3.05, 3.63) is 23.7 Å². The number of aliphatic hydroxyl groups is 1. The summed E-state index contributed by atoms with van der Waals surface area (Å²) < 4.78 is 9.95. The first-order valence-corrected chi connectivity index (χ1v) is 3.89. The molecule has 0 fully saturated rings. The van der Waals surface area contributed by atoms with Gasteiger partial charge in [0, 0.05) is 12.7 Å². The van der Waals surface area contributed by atoms with Crippen LogP contribution in [0.15, 0.2) is 16.7 Å². The number of aliphatic hydroxyl groups excluding tert-OH is 1. The van der Waals surface area contributed by atoms with Gasteiger partial charge in [-0.2, -0.15) is 5.26 Å². The maximum atomic E-state index is 9.45. The minimum Gasteiger partial charge on any atom is -0.466 e. The van der Waals surface area contributed by atoms with Gasteiger partial charge in [-0.25, -0.2) is 0 Å². The summed E-state index contributed by atoms with van der Waals surface area (Å²) in [5, 5.41) is 17.8. The molecule has 0 aliphatic heterocycles. The number of ether oxygens (including phenoxy) is 1. The van der Waals surface area contributed by atoms with E-state index in [-0.39, 0.29) is 6.42 Å². The highest BCUT2D eigenvalue weighted by Crippen LogP contribution is 2.22. The summed E-state index contributed by atoms with van der Waals surface area (Å²) in [6, 6.07) is 3.60. The van der Waals surface area contributed by atoms with E-state index in [2.05, 4.69) is 0 Å². The fourth-order valence-corrected chi connectivity index (χ4v) is 1.09. The van der Waals surface area contributed by atoms with Crippen molar-refractivity contribution in [3.8, 4) is 6.07 Å². The molecule has 0 amide bonds. The summed E-state index contributed by atoms with van der Waals surface area (Å²) in [7, 11) is 1.56. The normalized spacial score (nSPS) is 12.4. The van der Waals surface area contributed by atoms with Crippen molar-refractivity contribution < 1.29 is 14.3 Å². The second-order valence-corrected chi connectivity index (χ2v) is 2.62. The van der Waals surface area contributed by atoms with E-state index in [9.17, 15) is 5.11 Å². The predicted octanol–water partition coefficient (Wildman–Crippen LogP) is 1.37. The largest absolute Gasteiger partial charge is 0.466 e. The highest BCUT2D eigenvalue weighted by Gasteiger charge is 2.15. The molecule has 1 aromatic heterocycles. The van der Waals surface area contributed by atoms with E-state index in [1.807, 2.05) is 6.07 Å². The summed E-state index contributed by atoms with van der Waals surface area (Å²) in [4.78, 5) is 0. The van der Waals surface area contributed by atoms with Crippen LogP contribution in [0.4, 0.5) is 0 Å². The molecule has 4 heteroatoms. The molecule has 4 nitrogen and oxygen atoms in total. The quantitative estimate of drug-likeness (QED) is 0.761. The van der Waals surface area contributed by atoms with Crippen LogP contribution in [-0.4, -0.2) is 12.2 Å². The van der Waals surface area contributed by atoms with Crippen LogP contribution >= 0.6 is 0 Å². The van der Waals surface area contributed by atoms with Crippen LogP contribution in [0.25, 0.3) is 0 Å². The first-order valence-electron chi connectivity index (χ1n) is 3.89. The van der Waals surface area contributed by atoms with Crippen LogP contribution in [-0.2, 0) is 11.3 Å². The lowest BCUT2D eigenvalue weighted by Crippen LogP contribution is -1.99. The van der Waals surface area contributed by atoms with Crippen LogP contribution in [0, 0.1) is 11.3 Å². The average Bonchev–Trinajstić information content (AvgIpc) is 2.54. The lowest BCUT2D eigenvalue weighted by Gasteiger charge is -2.05. The molecule has 70 valence electrons. The molecular formula is C9H11NO3. The summed E-state index contributed by atoms with van der Waals surface area (Å²) in [5.41, 5.74) is 0.783. The Hall–Kier alpha value is -1.31. The summed E-state index contributed by atoms with van der Waals surface area (Å²) in [6.45, 7) is 0.383. The van der Waals surface area contributed by atoms with Gasteiger partial charge in [0.15, 0.2) is 0 Å². The second kappa shape index (κ2) is 4.65. The fourth-order valence-electron chi connectivity index (χ4n) is 1.09. The van der Waals surface area contributed by atoms with Gasteiger partial charge in [0.2, 0.25) is 0 Å². The SMILES string of the molecule is COCc1ccoc1C(O)CC#N. The summed E-state index contributed by atoms with van der Waals surface area (Å²) in [5.74, 6) is 0.420. The Balaban J connectivity index is 2.75. The van der Waals surface area contributed by atoms with Gasteiger partial charge in [-0.1, -0.05) is 0 Å². The van der Waals surface area contributed by atoms with Gasteiger partial charge in [-0.05, 0) is 6.07 Å². The Labute approximate surface area is 76.4 Å². The van der Waals surface area contributed by atoms with Gasteiger partial charge in [0.05, 0.1) is 25.4 Å². The maximum Gasteiger partial charge on any atom is 0.138 e. The molecule has 0 spiro atoms. The van der Waals surface area contributed by atoms with E-state index in [0.717, 1.165) is 5.56 Å². The second-order valence-electron chi connectivity index (χ2n) is 2.62. The van der Waals surface area contributed by atoms with Gasteiger partial charge in [-0.3, -0.25) is 0 Å². The molecule has 1 N–H and O–H groups in total. The molecule has 0 aliphatic carbocycles. The highest BCUT2D eigenvalue weighted by atomic mass is 16.5. The molecule has 13 heavy (non-hydrogen) atoms. The van der Waals surface area contributed by atoms with E-state index < -0.39 is 6.10 Å². The molecule has 0 radical (unpaired) electrons. The van der Waals surface area contributed by atoms with Crippen molar-refractivity contribution in [2.24, 2.45) is 0 Å². The molecule has 0 aliphatic rings. The number of hydrogen-bond donors (Lipinski definition) is 1. The lowest BCUT2D eigenvalue weighted by atomic mass is 10.1. The highest BCUT2D eigenvalue weighted by molar-refractivity contribution is 5.18. The van der Waals surface area contributed by atoms with E-state index in [1.54, 1.807) is 13.2 Å². The minimum absolute atomic E-state index is 0.0320. The summed E-state index contributed by atoms with van der Waals surface area (Å²) in [6.07, 6.45) is 0.652. The van der Waals surface area contributed by atoms with Crippen molar-refractivity contribution in [1.82, 2.24) is 0 Å². The Morgan fingerprint density at radius 2 is 2.54 bits per heavy atom. The van der Waals surface area contributed by atoms with Crippen molar-refractivity contribution >= 4 is 0 Å². The third-order valence-electron chi connectivity index (χ3n) is 1.67. The van der Waals surface area contributed by atoms with Crippen molar-refractivity contribution in [2.45, 2.75) is 19.1 Å². The van der Waals surface area contributed by atoms with Crippen molar-refractivity contribution in [1.29, 1.82) is 5.26 Å². The zero-order chi connectivity index (χ0) is 9.68. The van der Waals surface area contributed by atoms with Crippen LogP contribution in [0.3, 0.4) is 0 Å². The van der Waals surface area contributed by atoms with Crippen LogP contribution < -0.4 is 0 Å². The zero-order valence-corrected chi connectivity index (χ0v) is 7.36. The van der Waals surface area contributed by atoms with Crippen LogP contribution in [0.2, 0.25) is 0 Å². The molecular weight excluding hydrogens is 170 g/mol. The van der Waals surface area contributed by atoms with Gasteiger partial charge in [0.25, 0.3) is 0 Å². The van der Waals surface area contributed by atoms with Gasteiger partial charge < -0.3 is 14.3 Å². The van der Waals surface area contributed by atoms with E-state index in [0.29, 0.717) is 12.4 Å². The number of furan rings is 1. The number of rotatable bonds is 4. The van der Waals surface area contributed by atoms with Crippen molar-refractivity contribution in [2.75, 3.05) is 7.11 Å². The lowest BCUT2D eigenvalue weighted by molar-refractivity contribution is 0.142. The van der Waals surface area contributed by atoms with E-state index in [1.165, 1.54) is 6.26 Å². The molecule has 1 unspecified atom stereocenters. The van der Waals surface area contributed by atoms with Crippen molar-refractivity contribution in [3.63, 3.8) is 0 Å². The molecule has 1 atom stereocenters. The first-order chi connectivity index (χ1) is 6.29. The predicted molar refractivity (Wildman–Crippen MR) is 44.6 cm³/mol. The van der Waals surface area contributed by atoms with Crippen LogP contribution in [0.1, 0.15) is 23.8 Å². The van der Waals surface area contributed by atoms with Gasteiger partial charge in [0.1, 0.15) is 11.9 Å². The first kappa shape index (κ1) is 9.78. The summed E-state index contributed by atoms with van der Waals surface area (Å²) >= 11 is 0.